The first-order chi connectivity index (χ1) is 11.4. The summed E-state index contributed by atoms with van der Waals surface area (Å²) in [5.41, 5.74) is 3.19. The van der Waals surface area contributed by atoms with Crippen molar-refractivity contribution in [3.63, 3.8) is 0 Å². The normalized spacial score (nSPS) is 21.9. The van der Waals surface area contributed by atoms with Crippen LogP contribution in [0.4, 0.5) is 0 Å². The fourth-order valence-corrected chi connectivity index (χ4v) is 4.01. The lowest BCUT2D eigenvalue weighted by molar-refractivity contribution is -0.129. The molecule has 3 rings (SSSR count). The molecule has 1 aliphatic heterocycles. The number of nitrogens with zero attached hydrogens (tertiary/aromatic N) is 1. The van der Waals surface area contributed by atoms with Crippen LogP contribution in [-0.4, -0.2) is 35.8 Å². The molecule has 1 aromatic carbocycles. The second-order valence-corrected chi connectivity index (χ2v) is 7.56. The predicted molar refractivity (Wildman–Crippen MR) is 94.9 cm³/mol. The molecule has 0 bridgehead atoms. The summed E-state index contributed by atoms with van der Waals surface area (Å²) in [4.78, 5) is 26.5. The van der Waals surface area contributed by atoms with Gasteiger partial charge in [-0.1, -0.05) is 32.6 Å². The Bertz CT molecular complexity index is 678. The predicted octanol–water partition coefficient (Wildman–Crippen LogP) is 2.72. The number of benzene rings is 1. The van der Waals surface area contributed by atoms with E-state index < -0.39 is 0 Å². The maximum Gasteiger partial charge on any atom is 0.251 e. The molecule has 1 heterocycles. The first kappa shape index (κ1) is 16.7. The number of amides is 2. The Hall–Kier alpha value is -2.10. The summed E-state index contributed by atoms with van der Waals surface area (Å²) in [6, 6.07) is 6.11. The summed E-state index contributed by atoms with van der Waals surface area (Å²) in [5.74, 6) is -0.0101. The van der Waals surface area contributed by atoms with E-state index in [2.05, 4.69) is 31.8 Å². The van der Waals surface area contributed by atoms with Crippen LogP contribution in [0.25, 0.3) is 0 Å². The molecule has 4 nitrogen and oxygen atoms in total. The van der Waals surface area contributed by atoms with Gasteiger partial charge in [-0.3, -0.25) is 9.59 Å². The molecule has 0 radical (unpaired) electrons. The van der Waals surface area contributed by atoms with Crippen LogP contribution >= 0.6 is 0 Å². The van der Waals surface area contributed by atoms with E-state index in [0.717, 1.165) is 31.2 Å². The largest absolute Gasteiger partial charge is 0.349 e. The monoisotopic (exact) mass is 326 g/mol. The van der Waals surface area contributed by atoms with E-state index in [4.69, 9.17) is 0 Å². The lowest BCUT2D eigenvalue weighted by Gasteiger charge is -2.44. The van der Waals surface area contributed by atoms with Gasteiger partial charge in [0.15, 0.2) is 0 Å². The second-order valence-electron chi connectivity index (χ2n) is 7.56. The van der Waals surface area contributed by atoms with Crippen molar-refractivity contribution >= 4 is 11.8 Å². The highest BCUT2D eigenvalue weighted by Crippen LogP contribution is 2.31. The molecule has 1 aliphatic carbocycles. The molecule has 1 unspecified atom stereocenters. The number of likely N-dealkylation sites (tertiary alicyclic amines) is 1. The van der Waals surface area contributed by atoms with Crippen LogP contribution in [-0.2, 0) is 17.6 Å². The lowest BCUT2D eigenvalue weighted by atomic mass is 9.78. The molecule has 4 heteroatoms. The zero-order chi connectivity index (χ0) is 17.3. The van der Waals surface area contributed by atoms with Crippen molar-refractivity contribution in [1.82, 2.24) is 10.2 Å². The van der Waals surface area contributed by atoms with Crippen molar-refractivity contribution in [2.75, 3.05) is 13.1 Å². The summed E-state index contributed by atoms with van der Waals surface area (Å²) in [6.07, 6.45) is 5.33. The number of hydrogen-bond acceptors (Lipinski definition) is 2. The van der Waals surface area contributed by atoms with E-state index in [1.165, 1.54) is 17.2 Å². The number of carbonyl (C=O) groups is 2. The molecule has 0 aromatic heterocycles. The third-order valence-electron chi connectivity index (χ3n) is 5.41. The lowest BCUT2D eigenvalue weighted by Crippen LogP contribution is -2.56. The van der Waals surface area contributed by atoms with Crippen LogP contribution in [0.2, 0.25) is 0 Å². The van der Waals surface area contributed by atoms with E-state index in [0.29, 0.717) is 13.1 Å². The first-order valence-corrected chi connectivity index (χ1v) is 8.75. The molecule has 1 fully saturated rings. The van der Waals surface area contributed by atoms with Crippen molar-refractivity contribution in [1.29, 1.82) is 0 Å². The molecule has 0 spiro atoms. The van der Waals surface area contributed by atoms with Crippen LogP contribution in [0, 0.1) is 5.41 Å². The number of hydrogen-bond donors (Lipinski definition) is 1. The maximum atomic E-state index is 12.8. The topological polar surface area (TPSA) is 49.4 Å². The summed E-state index contributed by atoms with van der Waals surface area (Å²) in [7, 11) is 0. The third kappa shape index (κ3) is 3.10. The fraction of sp³-hybridized carbons (Fsp3) is 0.500. The Morgan fingerprint density at radius 1 is 1.33 bits per heavy atom. The quantitative estimate of drug-likeness (QED) is 0.868. The number of fused-ring (bicyclic) bond motifs is 1. The number of aryl methyl sites for hydroxylation is 1. The zero-order valence-corrected chi connectivity index (χ0v) is 14.6. The smallest absolute Gasteiger partial charge is 0.251 e. The SMILES string of the molecule is C=CC(=O)N1CCC(NC(=O)c2cccc3c2CCC3)C(C)(C)C1. The highest BCUT2D eigenvalue weighted by atomic mass is 16.2. The molecule has 2 aliphatic rings. The molecule has 1 atom stereocenters. The minimum absolute atomic E-state index is 0.0234. The Labute approximate surface area is 143 Å². The molecule has 24 heavy (non-hydrogen) atoms. The highest BCUT2D eigenvalue weighted by molar-refractivity contribution is 5.96. The summed E-state index contributed by atoms with van der Waals surface area (Å²) >= 11 is 0. The summed E-state index contributed by atoms with van der Waals surface area (Å²) in [6.45, 7) is 9.07. The molecule has 1 aromatic rings. The second kappa shape index (κ2) is 6.42. The minimum atomic E-state index is -0.162. The van der Waals surface area contributed by atoms with Gasteiger partial charge in [-0.2, -0.15) is 0 Å². The first-order valence-electron chi connectivity index (χ1n) is 8.75. The van der Waals surface area contributed by atoms with E-state index >= 15 is 0 Å². The van der Waals surface area contributed by atoms with Gasteiger partial charge in [0.05, 0.1) is 0 Å². The van der Waals surface area contributed by atoms with Crippen LogP contribution in [0.3, 0.4) is 0 Å². The van der Waals surface area contributed by atoms with Gasteiger partial charge in [0, 0.05) is 30.1 Å². The average molecular weight is 326 g/mol. The van der Waals surface area contributed by atoms with Gasteiger partial charge in [-0.25, -0.2) is 0 Å². The number of rotatable bonds is 3. The molecular weight excluding hydrogens is 300 g/mol. The third-order valence-corrected chi connectivity index (χ3v) is 5.41. The number of piperidine rings is 1. The molecular formula is C20H26N2O2. The zero-order valence-electron chi connectivity index (χ0n) is 14.6. The number of nitrogens with one attached hydrogen (secondary N) is 1. The van der Waals surface area contributed by atoms with Gasteiger partial charge < -0.3 is 10.2 Å². The van der Waals surface area contributed by atoms with Crippen molar-refractivity contribution < 1.29 is 9.59 Å². The van der Waals surface area contributed by atoms with Gasteiger partial charge in [-0.05, 0) is 49.0 Å². The Morgan fingerprint density at radius 2 is 2.12 bits per heavy atom. The van der Waals surface area contributed by atoms with E-state index in [9.17, 15) is 9.59 Å². The highest BCUT2D eigenvalue weighted by Gasteiger charge is 2.38. The molecule has 1 saturated heterocycles. The Kier molecular flexibility index (Phi) is 4.48. The van der Waals surface area contributed by atoms with Gasteiger partial charge in [-0.15, -0.1) is 0 Å². The van der Waals surface area contributed by atoms with Crippen LogP contribution in [0.15, 0.2) is 30.9 Å². The van der Waals surface area contributed by atoms with Crippen molar-refractivity contribution in [3.05, 3.63) is 47.5 Å². The van der Waals surface area contributed by atoms with Crippen molar-refractivity contribution in [3.8, 4) is 0 Å². The van der Waals surface area contributed by atoms with Crippen LogP contribution in [0.1, 0.15) is 48.2 Å². The molecule has 2 amide bonds. The van der Waals surface area contributed by atoms with Crippen LogP contribution in [0.5, 0.6) is 0 Å². The van der Waals surface area contributed by atoms with Gasteiger partial charge >= 0.3 is 0 Å². The fourth-order valence-electron chi connectivity index (χ4n) is 4.01. The maximum absolute atomic E-state index is 12.8. The molecule has 1 N–H and O–H groups in total. The standard InChI is InChI=1S/C20H26N2O2/c1-4-18(23)22-12-11-17(20(2,3)13-22)21-19(24)16-10-6-8-14-7-5-9-15(14)16/h4,6,8,10,17H,1,5,7,9,11-13H2,2-3H3,(H,21,24). The minimum Gasteiger partial charge on any atom is -0.349 e. The van der Waals surface area contributed by atoms with Crippen molar-refractivity contribution in [2.45, 2.75) is 45.6 Å². The molecule has 0 saturated carbocycles. The Balaban J connectivity index is 1.72. The number of carbonyl (C=O) groups excluding carboxylic acids is 2. The molecule has 128 valence electrons. The van der Waals surface area contributed by atoms with Crippen molar-refractivity contribution in [2.24, 2.45) is 5.41 Å². The van der Waals surface area contributed by atoms with Crippen LogP contribution < -0.4 is 5.32 Å². The van der Waals surface area contributed by atoms with E-state index in [1.807, 2.05) is 17.0 Å². The van der Waals surface area contributed by atoms with Gasteiger partial charge in [0.2, 0.25) is 5.91 Å². The van der Waals surface area contributed by atoms with E-state index in [1.54, 1.807) is 0 Å². The summed E-state index contributed by atoms with van der Waals surface area (Å²) in [5, 5.41) is 3.23. The van der Waals surface area contributed by atoms with Gasteiger partial charge in [0.1, 0.15) is 0 Å². The average Bonchev–Trinajstić information content (AvgIpc) is 3.04. The summed E-state index contributed by atoms with van der Waals surface area (Å²) < 4.78 is 0. The van der Waals surface area contributed by atoms with Gasteiger partial charge in [0.25, 0.3) is 5.91 Å². The van der Waals surface area contributed by atoms with E-state index in [-0.39, 0.29) is 23.3 Å². The Morgan fingerprint density at radius 3 is 2.83 bits per heavy atom.